The quantitative estimate of drug-likeness (QED) is 0.151. The molecule has 0 heterocycles. The minimum atomic E-state index is -0.113. The van der Waals surface area contributed by atoms with E-state index in [4.69, 9.17) is 0 Å². The number of benzene rings is 6. The Hall–Kier alpha value is -3.94. The molecule has 7 rings (SSSR count). The number of ketones is 2. The standard InChI is InChI=1S/C54H56O2S4/c1-51(2,3)33-13-21-37(22-14-33)57-41-29-30-42(58-38-23-15-34(16-24-38)52(4,5)6)46-45(41)49(55)47-43(59-39-25-17-35(18-26-39)53(7,8)9)31-32-44(48(47)50(46)56)60-40-27-19-36(20-28-40)54(10,11)12/h13-32H,1-12H3. The third kappa shape index (κ3) is 9.58. The van der Waals surface area contributed by atoms with E-state index in [1.165, 1.54) is 22.3 Å². The third-order valence-corrected chi connectivity index (χ3v) is 15.2. The van der Waals surface area contributed by atoms with Gasteiger partial charge in [-0.3, -0.25) is 9.59 Å². The number of rotatable bonds is 8. The highest BCUT2D eigenvalue weighted by Crippen LogP contribution is 2.48. The first-order chi connectivity index (χ1) is 28.1. The summed E-state index contributed by atoms with van der Waals surface area (Å²) in [5, 5.41) is 0. The van der Waals surface area contributed by atoms with E-state index >= 15 is 9.59 Å². The van der Waals surface area contributed by atoms with Gasteiger partial charge >= 0.3 is 0 Å². The summed E-state index contributed by atoms with van der Waals surface area (Å²) in [7, 11) is 0. The van der Waals surface area contributed by atoms with Crippen LogP contribution in [-0.2, 0) is 21.7 Å². The van der Waals surface area contributed by atoms with Crippen molar-refractivity contribution >= 4 is 58.6 Å². The molecule has 0 N–H and O–H groups in total. The second kappa shape index (κ2) is 16.7. The zero-order valence-electron chi connectivity index (χ0n) is 37.0. The van der Waals surface area contributed by atoms with Crippen LogP contribution >= 0.6 is 47.0 Å². The molecule has 0 saturated heterocycles. The van der Waals surface area contributed by atoms with Crippen LogP contribution in [-0.4, -0.2) is 11.6 Å². The summed E-state index contributed by atoms with van der Waals surface area (Å²) >= 11 is 6.20. The average Bonchev–Trinajstić information content (AvgIpc) is 3.17. The summed E-state index contributed by atoms with van der Waals surface area (Å²) in [4.78, 5) is 38.3. The molecule has 0 atom stereocenters. The third-order valence-electron chi connectivity index (χ3n) is 11.0. The van der Waals surface area contributed by atoms with E-state index in [1.807, 2.05) is 24.3 Å². The van der Waals surface area contributed by atoms with E-state index in [9.17, 15) is 0 Å². The van der Waals surface area contributed by atoms with E-state index < -0.39 is 0 Å². The predicted octanol–water partition coefficient (Wildman–Crippen LogP) is 16.3. The van der Waals surface area contributed by atoms with Crippen LogP contribution in [0.4, 0.5) is 0 Å². The molecule has 0 bridgehead atoms. The molecule has 60 heavy (non-hydrogen) atoms. The van der Waals surface area contributed by atoms with Crippen molar-refractivity contribution in [1.82, 2.24) is 0 Å². The molecule has 0 aliphatic heterocycles. The Morgan fingerprint density at radius 2 is 0.433 bits per heavy atom. The largest absolute Gasteiger partial charge is 0.288 e. The molecule has 0 aromatic heterocycles. The van der Waals surface area contributed by atoms with Gasteiger partial charge in [0.2, 0.25) is 0 Å². The second-order valence-corrected chi connectivity index (χ2v) is 24.2. The first-order valence-corrected chi connectivity index (χ1v) is 23.9. The van der Waals surface area contributed by atoms with Crippen molar-refractivity contribution in [2.24, 2.45) is 0 Å². The van der Waals surface area contributed by atoms with Crippen LogP contribution in [0.1, 0.15) is 137 Å². The lowest BCUT2D eigenvalue weighted by Gasteiger charge is -2.26. The monoisotopic (exact) mass is 864 g/mol. The lowest BCUT2D eigenvalue weighted by molar-refractivity contribution is 0.0970. The molecule has 6 aromatic carbocycles. The van der Waals surface area contributed by atoms with Crippen molar-refractivity contribution in [3.05, 3.63) is 166 Å². The highest BCUT2D eigenvalue weighted by Gasteiger charge is 2.38. The SMILES string of the molecule is CC(C)(C)c1ccc(Sc2ccc(Sc3ccc(C(C)(C)C)cc3)c3c2C(=O)c2c(Sc4ccc(C(C)(C)C)cc4)ccc(Sc4ccc(C(C)(C)C)cc4)c2C3=O)cc1. The zero-order chi connectivity index (χ0) is 43.4. The van der Waals surface area contributed by atoms with Crippen LogP contribution < -0.4 is 0 Å². The first-order valence-electron chi connectivity index (χ1n) is 20.6. The lowest BCUT2D eigenvalue weighted by atomic mass is 9.84. The van der Waals surface area contributed by atoms with Crippen molar-refractivity contribution in [3.8, 4) is 0 Å². The fourth-order valence-corrected chi connectivity index (χ4v) is 11.1. The topological polar surface area (TPSA) is 34.1 Å². The van der Waals surface area contributed by atoms with E-state index in [2.05, 4.69) is 180 Å². The molecule has 1 aliphatic rings. The molecule has 2 nitrogen and oxygen atoms in total. The summed E-state index contributed by atoms with van der Waals surface area (Å²) in [5.74, 6) is -0.225. The zero-order valence-corrected chi connectivity index (χ0v) is 40.3. The molecule has 6 aromatic rings. The van der Waals surface area contributed by atoms with Gasteiger partial charge in [0.25, 0.3) is 0 Å². The van der Waals surface area contributed by atoms with Crippen molar-refractivity contribution in [2.45, 2.75) is 144 Å². The smallest absolute Gasteiger partial charge is 0.196 e. The van der Waals surface area contributed by atoms with E-state index in [-0.39, 0.29) is 33.2 Å². The molecule has 0 fully saturated rings. The molecule has 0 radical (unpaired) electrons. The van der Waals surface area contributed by atoms with Crippen LogP contribution in [0.25, 0.3) is 0 Å². The Bertz CT molecular complexity index is 2200. The van der Waals surface area contributed by atoms with Crippen LogP contribution in [0.5, 0.6) is 0 Å². The van der Waals surface area contributed by atoms with Gasteiger partial charge in [-0.2, -0.15) is 0 Å². The van der Waals surface area contributed by atoms with Crippen LogP contribution in [0, 0.1) is 0 Å². The maximum absolute atomic E-state index is 15.6. The van der Waals surface area contributed by atoms with Gasteiger partial charge in [0.1, 0.15) is 0 Å². The molecular weight excluding hydrogens is 809 g/mol. The molecule has 0 unspecified atom stereocenters. The number of hydrogen-bond acceptors (Lipinski definition) is 6. The number of carbonyl (C=O) groups is 2. The summed E-state index contributed by atoms with van der Waals surface area (Å²) in [6.07, 6.45) is 0. The van der Waals surface area contributed by atoms with Gasteiger partial charge in [0.05, 0.1) is 0 Å². The van der Waals surface area contributed by atoms with Crippen LogP contribution in [0.2, 0.25) is 0 Å². The Kier molecular flexibility index (Phi) is 12.3. The highest BCUT2D eigenvalue weighted by atomic mass is 32.2. The van der Waals surface area contributed by atoms with E-state index in [1.54, 1.807) is 47.0 Å². The summed E-state index contributed by atoms with van der Waals surface area (Å²) in [6.45, 7) is 26.5. The Morgan fingerprint density at radius 1 is 0.267 bits per heavy atom. The Labute approximate surface area is 375 Å². The van der Waals surface area contributed by atoms with Crippen molar-refractivity contribution in [3.63, 3.8) is 0 Å². The highest BCUT2D eigenvalue weighted by molar-refractivity contribution is 8.00. The fraction of sp³-hybridized carbons (Fsp3) is 0.296. The van der Waals surface area contributed by atoms with Crippen LogP contribution in [0.3, 0.4) is 0 Å². The Balaban J connectivity index is 1.39. The number of carbonyl (C=O) groups excluding carboxylic acids is 2. The maximum atomic E-state index is 15.6. The number of fused-ring (bicyclic) bond motifs is 2. The predicted molar refractivity (Wildman–Crippen MR) is 257 cm³/mol. The van der Waals surface area contributed by atoms with Gasteiger partial charge in [-0.25, -0.2) is 0 Å². The molecule has 0 saturated carbocycles. The minimum absolute atomic E-state index is 0.0178. The van der Waals surface area contributed by atoms with E-state index in [0.717, 1.165) is 39.2 Å². The van der Waals surface area contributed by atoms with Crippen molar-refractivity contribution in [2.75, 3.05) is 0 Å². The molecule has 6 heteroatoms. The maximum Gasteiger partial charge on any atom is 0.196 e. The molecular formula is C54H56O2S4. The first kappa shape index (κ1) is 44.1. The fourth-order valence-electron chi connectivity index (χ4n) is 7.22. The summed E-state index contributed by atoms with van der Waals surface area (Å²) < 4.78 is 0. The van der Waals surface area contributed by atoms with Gasteiger partial charge in [0.15, 0.2) is 11.6 Å². The number of hydrogen-bond donors (Lipinski definition) is 0. The van der Waals surface area contributed by atoms with Crippen LogP contribution in [0.15, 0.2) is 160 Å². The van der Waals surface area contributed by atoms with Gasteiger partial charge in [-0.15, -0.1) is 0 Å². The molecule has 0 spiro atoms. The second-order valence-electron chi connectivity index (χ2n) is 19.8. The van der Waals surface area contributed by atoms with Gasteiger partial charge in [-0.05, 0) is 117 Å². The molecule has 308 valence electrons. The molecule has 1 aliphatic carbocycles. The minimum Gasteiger partial charge on any atom is -0.288 e. The van der Waals surface area contributed by atoms with Crippen molar-refractivity contribution < 1.29 is 9.59 Å². The Morgan fingerprint density at radius 3 is 0.583 bits per heavy atom. The van der Waals surface area contributed by atoms with Crippen molar-refractivity contribution in [1.29, 1.82) is 0 Å². The van der Waals surface area contributed by atoms with Gasteiger partial charge in [-0.1, -0.05) is 179 Å². The lowest BCUT2D eigenvalue weighted by Crippen LogP contribution is -2.24. The summed E-state index contributed by atoms with van der Waals surface area (Å²) in [6, 6.07) is 42.5. The van der Waals surface area contributed by atoms with Gasteiger partial charge < -0.3 is 0 Å². The summed E-state index contributed by atoms with van der Waals surface area (Å²) in [5.41, 5.74) is 6.97. The normalized spacial score (nSPS) is 13.3. The average molecular weight is 865 g/mol. The molecule has 0 amide bonds. The van der Waals surface area contributed by atoms with Gasteiger partial charge in [0, 0.05) is 61.4 Å². The van der Waals surface area contributed by atoms with E-state index in [0.29, 0.717) is 22.3 Å².